The number of carboxylic acid groups (broad SMARTS) is 3. The second kappa shape index (κ2) is 29.6. The van der Waals surface area contributed by atoms with Gasteiger partial charge in [-0.3, -0.25) is 19.2 Å². The average molecular weight is 283 g/mol. The van der Waals surface area contributed by atoms with Crippen LogP contribution >= 0.6 is 0 Å². The molecule has 0 aromatic rings. The van der Waals surface area contributed by atoms with Gasteiger partial charge in [0.15, 0.2) is 0 Å². The van der Waals surface area contributed by atoms with E-state index < -0.39 is 23.9 Å². The Kier molecular flexibility index (Phi) is 46.7. The lowest BCUT2D eigenvalue weighted by Gasteiger charge is -1.79. The Hall–Kier alpha value is -2.42. The van der Waals surface area contributed by atoms with Crippen molar-refractivity contribution in [3.63, 3.8) is 0 Å². The molecule has 0 aliphatic heterocycles. The van der Waals surface area contributed by atoms with Gasteiger partial charge in [-0.2, -0.15) is 5.90 Å². The van der Waals surface area contributed by atoms with Crippen LogP contribution < -0.4 is 5.90 Å². The molecule has 0 aromatic carbocycles. The van der Waals surface area contributed by atoms with Crippen molar-refractivity contribution in [3.05, 3.63) is 13.2 Å². The zero-order valence-corrected chi connectivity index (χ0v) is 11.4. The van der Waals surface area contributed by atoms with Crippen molar-refractivity contribution < 1.29 is 39.3 Å². The van der Waals surface area contributed by atoms with Gasteiger partial charge < -0.3 is 20.2 Å². The molecule has 0 bridgehead atoms. The molecular weight excluding hydrogens is 262 g/mol. The van der Waals surface area contributed by atoms with Gasteiger partial charge in [0.25, 0.3) is 17.9 Å². The smallest absolute Gasteiger partial charge is 0.321 e. The van der Waals surface area contributed by atoms with Gasteiger partial charge >= 0.3 is 5.97 Å². The normalized spacial score (nSPS) is 5.95. The van der Waals surface area contributed by atoms with Crippen molar-refractivity contribution in [2.24, 2.45) is 5.90 Å². The van der Waals surface area contributed by atoms with E-state index >= 15 is 0 Å². The molecule has 0 aliphatic rings. The fraction of sp³-hybridized carbons (Fsp3) is 0.400. The predicted octanol–water partition coefficient (Wildman–Crippen LogP) is 0.498. The summed E-state index contributed by atoms with van der Waals surface area (Å²) in [5, 5.41) is 22.2. The van der Waals surface area contributed by atoms with Crippen LogP contribution in [-0.4, -0.2) is 39.2 Å². The summed E-state index contributed by atoms with van der Waals surface area (Å²) in [4.78, 5) is 40.1. The van der Waals surface area contributed by atoms with E-state index in [9.17, 15) is 4.79 Å². The summed E-state index contributed by atoms with van der Waals surface area (Å²) in [6, 6.07) is 0. The van der Waals surface area contributed by atoms with Gasteiger partial charge in [-0.15, -0.1) is 13.2 Å². The van der Waals surface area contributed by atoms with Crippen LogP contribution in [0.15, 0.2) is 13.2 Å². The molecular formula is C10H21NO8. The van der Waals surface area contributed by atoms with Crippen LogP contribution in [0.3, 0.4) is 0 Å². The van der Waals surface area contributed by atoms with E-state index in [1.54, 1.807) is 0 Å². The molecule has 0 unspecified atom stereocenters. The monoisotopic (exact) mass is 283 g/mol. The zero-order valence-electron chi connectivity index (χ0n) is 11.4. The number of hydrogen-bond acceptors (Lipinski definition) is 6. The van der Waals surface area contributed by atoms with E-state index in [1.807, 2.05) is 0 Å². The first-order valence-corrected chi connectivity index (χ1v) is 4.43. The third-order valence-electron chi connectivity index (χ3n) is 0.166. The summed E-state index contributed by atoms with van der Waals surface area (Å²) < 4.78 is 0. The average Bonchev–Trinajstić information content (AvgIpc) is 2.18. The molecule has 0 spiro atoms. The van der Waals surface area contributed by atoms with E-state index in [0.717, 1.165) is 20.8 Å². The number of nitrogens with two attached hydrogens (primary N) is 1. The minimum Gasteiger partial charge on any atom is -0.481 e. The van der Waals surface area contributed by atoms with Crippen molar-refractivity contribution in [2.45, 2.75) is 27.7 Å². The fourth-order valence-electron chi connectivity index (χ4n) is 0. The Labute approximate surface area is 111 Å². The van der Waals surface area contributed by atoms with Gasteiger partial charge in [-0.05, 0) is 0 Å². The Morgan fingerprint density at radius 1 is 0.789 bits per heavy atom. The molecule has 0 saturated heterocycles. The Morgan fingerprint density at radius 2 is 0.842 bits per heavy atom. The maximum atomic E-state index is 9.47. The SMILES string of the molecule is C=C.CC(=O)O.CC(=O)O.CC(=O)O.CC(=O)ON. The van der Waals surface area contributed by atoms with Crippen LogP contribution in [-0.2, 0) is 24.0 Å². The van der Waals surface area contributed by atoms with Crippen LogP contribution in [0.1, 0.15) is 27.7 Å². The molecule has 5 N–H and O–H groups in total. The van der Waals surface area contributed by atoms with Crippen LogP contribution in [0.25, 0.3) is 0 Å². The van der Waals surface area contributed by atoms with Crippen LogP contribution in [0.4, 0.5) is 0 Å². The summed E-state index contributed by atoms with van der Waals surface area (Å²) >= 11 is 0. The molecule has 0 aliphatic carbocycles. The number of rotatable bonds is 0. The first-order valence-electron chi connectivity index (χ1n) is 4.43. The molecule has 0 atom stereocenters. The van der Waals surface area contributed by atoms with Crippen molar-refractivity contribution >= 4 is 23.9 Å². The summed E-state index contributed by atoms with van der Waals surface area (Å²) in [5.74, 6) is 1.35. The second-order valence-electron chi connectivity index (χ2n) is 2.17. The highest BCUT2D eigenvalue weighted by atomic mass is 16.7. The highest BCUT2D eigenvalue weighted by Crippen LogP contribution is 1.55. The standard InChI is InChI=1S/C2H5NO2.3C2H4O2.C2H4/c1-2(4)5-3;3*1-2(3)4;1-2/h3H2,1H3;3*1H3,(H,3,4);1-2H2. The maximum absolute atomic E-state index is 9.47. The quantitative estimate of drug-likeness (QED) is 0.365. The van der Waals surface area contributed by atoms with E-state index in [-0.39, 0.29) is 0 Å². The zero-order chi connectivity index (χ0) is 17.0. The first-order chi connectivity index (χ1) is 8.47. The van der Waals surface area contributed by atoms with Crippen molar-refractivity contribution in [3.8, 4) is 0 Å². The van der Waals surface area contributed by atoms with Crippen LogP contribution in [0, 0.1) is 0 Å². The molecule has 0 saturated carbocycles. The van der Waals surface area contributed by atoms with E-state index in [4.69, 9.17) is 29.7 Å². The highest BCUT2D eigenvalue weighted by Gasteiger charge is 1.77. The van der Waals surface area contributed by atoms with Gasteiger partial charge in [0.2, 0.25) is 0 Å². The fourth-order valence-corrected chi connectivity index (χ4v) is 0. The summed E-state index contributed by atoms with van der Waals surface area (Å²) in [6.45, 7) is 10.5. The van der Waals surface area contributed by atoms with Crippen LogP contribution in [0.5, 0.6) is 0 Å². The molecule has 9 heteroatoms. The molecule has 9 nitrogen and oxygen atoms in total. The van der Waals surface area contributed by atoms with Gasteiger partial charge in [0, 0.05) is 27.7 Å². The molecule has 114 valence electrons. The van der Waals surface area contributed by atoms with E-state index in [2.05, 4.69) is 23.9 Å². The molecule has 0 fully saturated rings. The van der Waals surface area contributed by atoms with E-state index in [0.29, 0.717) is 0 Å². The summed E-state index contributed by atoms with van der Waals surface area (Å²) in [6.07, 6.45) is 0. The maximum Gasteiger partial charge on any atom is 0.321 e. The third kappa shape index (κ3) is 16300. The largest absolute Gasteiger partial charge is 0.481 e. The number of carbonyl (C=O) groups excluding carboxylic acids is 1. The first kappa shape index (κ1) is 30.0. The second-order valence-corrected chi connectivity index (χ2v) is 2.17. The summed E-state index contributed by atoms with van der Waals surface area (Å²) in [7, 11) is 0. The number of aliphatic carboxylic acids is 3. The molecule has 19 heavy (non-hydrogen) atoms. The summed E-state index contributed by atoms with van der Waals surface area (Å²) in [5.41, 5.74) is 0. The molecule has 0 radical (unpaired) electrons. The Balaban J connectivity index is -0.0000000441. The topological polar surface area (TPSA) is 164 Å². The molecule has 0 aromatic heterocycles. The third-order valence-corrected chi connectivity index (χ3v) is 0.166. The predicted molar refractivity (Wildman–Crippen MR) is 67.1 cm³/mol. The van der Waals surface area contributed by atoms with Gasteiger partial charge in [-0.1, -0.05) is 0 Å². The van der Waals surface area contributed by atoms with Gasteiger partial charge in [-0.25, -0.2) is 0 Å². The van der Waals surface area contributed by atoms with Gasteiger partial charge in [0.05, 0.1) is 0 Å². The highest BCUT2D eigenvalue weighted by molar-refractivity contribution is 5.65. The lowest BCUT2D eigenvalue weighted by atomic mass is 10.8. The number of hydrogen-bond donors (Lipinski definition) is 4. The van der Waals surface area contributed by atoms with Crippen molar-refractivity contribution in [1.82, 2.24) is 0 Å². The van der Waals surface area contributed by atoms with Crippen LogP contribution in [0.2, 0.25) is 0 Å². The number of carbonyl (C=O) groups is 4. The van der Waals surface area contributed by atoms with Crippen molar-refractivity contribution in [2.75, 3.05) is 0 Å². The minimum absolute atomic E-state index is 0.468. The van der Waals surface area contributed by atoms with Crippen molar-refractivity contribution in [1.29, 1.82) is 0 Å². The molecule has 0 heterocycles. The minimum atomic E-state index is -0.833. The molecule has 0 rings (SSSR count). The number of carboxylic acids is 3. The lowest BCUT2D eigenvalue weighted by Crippen LogP contribution is -2.03. The Bertz CT molecular complexity index is 211. The molecule has 0 amide bonds. The van der Waals surface area contributed by atoms with Gasteiger partial charge in [0.1, 0.15) is 0 Å². The lowest BCUT2D eigenvalue weighted by molar-refractivity contribution is -0.141. The Morgan fingerprint density at radius 3 is 0.842 bits per heavy atom. The van der Waals surface area contributed by atoms with E-state index in [1.165, 1.54) is 6.92 Å².